The van der Waals surface area contributed by atoms with Gasteiger partial charge in [0.2, 0.25) is 0 Å². The first kappa shape index (κ1) is 22.1. The Labute approximate surface area is 167 Å². The minimum Gasteiger partial charge on any atom is -0.493 e. The maximum absolute atomic E-state index is 13.7. The van der Waals surface area contributed by atoms with Crippen LogP contribution in [0.2, 0.25) is 0 Å². The molecule has 0 bridgehead atoms. The van der Waals surface area contributed by atoms with Crippen LogP contribution in [0.4, 0.5) is 8.78 Å². The number of ether oxygens (including phenoxy) is 3. The van der Waals surface area contributed by atoms with Crippen LogP contribution < -0.4 is 14.8 Å². The smallest absolute Gasteiger partial charge is 0.306 e. The fraction of sp³-hybridized carbons (Fsp3) is 0.333. The predicted molar refractivity (Wildman–Crippen MR) is 102 cm³/mol. The summed E-state index contributed by atoms with van der Waals surface area (Å²) in [6.07, 6.45) is 0.475. The summed E-state index contributed by atoms with van der Waals surface area (Å²) >= 11 is 0. The van der Waals surface area contributed by atoms with Crippen molar-refractivity contribution >= 4 is 11.9 Å². The monoisotopic (exact) mass is 407 g/mol. The van der Waals surface area contributed by atoms with E-state index in [0.717, 1.165) is 17.7 Å². The molecule has 0 saturated carbocycles. The number of aryl methyl sites for hydroxylation is 1. The molecule has 0 aliphatic carbocycles. The predicted octanol–water partition coefficient (Wildman–Crippen LogP) is 3.34. The van der Waals surface area contributed by atoms with Crippen LogP contribution in [-0.2, 0) is 20.7 Å². The van der Waals surface area contributed by atoms with Gasteiger partial charge in [0, 0.05) is 18.1 Å². The number of carbonyl (C=O) groups is 2. The van der Waals surface area contributed by atoms with Crippen molar-refractivity contribution in [1.82, 2.24) is 5.32 Å². The quantitative estimate of drug-likeness (QED) is 0.646. The van der Waals surface area contributed by atoms with Crippen molar-refractivity contribution in [3.63, 3.8) is 0 Å². The zero-order chi connectivity index (χ0) is 21.4. The number of hydrogen-bond acceptors (Lipinski definition) is 5. The summed E-state index contributed by atoms with van der Waals surface area (Å²) in [5.41, 5.74) is 0.990. The fourth-order valence-corrected chi connectivity index (χ4v) is 2.71. The van der Waals surface area contributed by atoms with Crippen LogP contribution in [0.5, 0.6) is 11.5 Å². The van der Waals surface area contributed by atoms with Gasteiger partial charge in [0.05, 0.1) is 20.3 Å². The summed E-state index contributed by atoms with van der Waals surface area (Å²) < 4.78 is 42.0. The zero-order valence-electron chi connectivity index (χ0n) is 16.5. The molecule has 1 N–H and O–H groups in total. The first-order chi connectivity index (χ1) is 13.8. The number of rotatable bonds is 9. The highest BCUT2D eigenvalue weighted by atomic mass is 19.1. The Morgan fingerprint density at radius 3 is 2.41 bits per heavy atom. The van der Waals surface area contributed by atoms with E-state index in [1.807, 2.05) is 0 Å². The van der Waals surface area contributed by atoms with Gasteiger partial charge in [0.15, 0.2) is 18.1 Å². The lowest BCUT2D eigenvalue weighted by Gasteiger charge is -2.15. The Morgan fingerprint density at radius 2 is 1.76 bits per heavy atom. The summed E-state index contributed by atoms with van der Waals surface area (Å²) in [5.74, 6) is -1.45. The summed E-state index contributed by atoms with van der Waals surface area (Å²) in [6, 6.07) is 7.71. The van der Waals surface area contributed by atoms with Crippen LogP contribution in [0.15, 0.2) is 36.4 Å². The molecular weight excluding hydrogens is 384 g/mol. The lowest BCUT2D eigenvalue weighted by molar-refractivity contribution is -0.148. The van der Waals surface area contributed by atoms with E-state index < -0.39 is 36.2 Å². The number of amides is 1. The maximum Gasteiger partial charge on any atom is 0.306 e. The topological polar surface area (TPSA) is 73.9 Å². The molecule has 0 spiro atoms. The Balaban J connectivity index is 1.79. The SMILES string of the molecule is COc1ccc(CCC(=O)OCC(=O)N[C@@H](C)c2ccc(F)cc2F)cc1OC. The molecule has 6 nitrogen and oxygen atoms in total. The second-order valence-corrected chi connectivity index (χ2v) is 6.31. The van der Waals surface area contributed by atoms with Gasteiger partial charge in [-0.15, -0.1) is 0 Å². The number of halogens is 2. The Morgan fingerprint density at radius 1 is 1.03 bits per heavy atom. The number of carbonyl (C=O) groups excluding carboxylic acids is 2. The molecule has 0 unspecified atom stereocenters. The number of benzene rings is 2. The number of esters is 1. The lowest BCUT2D eigenvalue weighted by Crippen LogP contribution is -2.31. The third-order valence-corrected chi connectivity index (χ3v) is 4.24. The number of nitrogens with one attached hydrogen (secondary N) is 1. The largest absolute Gasteiger partial charge is 0.493 e. The molecule has 2 aromatic carbocycles. The second-order valence-electron chi connectivity index (χ2n) is 6.31. The Kier molecular flexibility index (Phi) is 7.94. The molecule has 29 heavy (non-hydrogen) atoms. The van der Waals surface area contributed by atoms with Gasteiger partial charge < -0.3 is 19.5 Å². The van der Waals surface area contributed by atoms with E-state index in [9.17, 15) is 18.4 Å². The van der Waals surface area contributed by atoms with Crippen molar-refractivity contribution in [2.24, 2.45) is 0 Å². The molecule has 0 radical (unpaired) electrons. The average Bonchev–Trinajstić information content (AvgIpc) is 2.70. The van der Waals surface area contributed by atoms with Crippen LogP contribution in [0.25, 0.3) is 0 Å². The summed E-state index contributed by atoms with van der Waals surface area (Å²) in [4.78, 5) is 23.8. The van der Waals surface area contributed by atoms with E-state index in [4.69, 9.17) is 14.2 Å². The van der Waals surface area contributed by atoms with Gasteiger partial charge in [-0.2, -0.15) is 0 Å². The van der Waals surface area contributed by atoms with E-state index in [2.05, 4.69) is 5.32 Å². The zero-order valence-corrected chi connectivity index (χ0v) is 16.5. The van der Waals surface area contributed by atoms with Crippen molar-refractivity contribution in [3.05, 3.63) is 59.2 Å². The first-order valence-corrected chi connectivity index (χ1v) is 8.95. The van der Waals surface area contributed by atoms with Crippen LogP contribution in [-0.4, -0.2) is 32.7 Å². The molecule has 0 fully saturated rings. The minimum absolute atomic E-state index is 0.0743. The molecule has 2 aromatic rings. The molecule has 0 aliphatic rings. The third-order valence-electron chi connectivity index (χ3n) is 4.24. The normalized spacial score (nSPS) is 11.5. The molecule has 156 valence electrons. The molecule has 1 amide bonds. The molecule has 8 heteroatoms. The second kappa shape index (κ2) is 10.4. The molecule has 0 aliphatic heterocycles. The van der Waals surface area contributed by atoms with E-state index >= 15 is 0 Å². The first-order valence-electron chi connectivity index (χ1n) is 8.95. The van der Waals surface area contributed by atoms with E-state index in [0.29, 0.717) is 17.9 Å². The van der Waals surface area contributed by atoms with E-state index in [-0.39, 0.29) is 12.0 Å². The summed E-state index contributed by atoms with van der Waals surface area (Å²) in [7, 11) is 3.05. The van der Waals surface area contributed by atoms with Gasteiger partial charge >= 0.3 is 5.97 Å². The average molecular weight is 407 g/mol. The number of hydrogen-bond donors (Lipinski definition) is 1. The van der Waals surface area contributed by atoms with E-state index in [1.54, 1.807) is 25.1 Å². The van der Waals surface area contributed by atoms with Crippen molar-refractivity contribution in [3.8, 4) is 11.5 Å². The van der Waals surface area contributed by atoms with Crippen molar-refractivity contribution in [2.75, 3.05) is 20.8 Å². The van der Waals surface area contributed by atoms with Crippen LogP contribution in [0.1, 0.15) is 30.5 Å². The molecule has 1 atom stereocenters. The van der Waals surface area contributed by atoms with Crippen LogP contribution in [0, 0.1) is 11.6 Å². The van der Waals surface area contributed by atoms with Gasteiger partial charge in [-0.05, 0) is 37.1 Å². The van der Waals surface area contributed by atoms with Gasteiger partial charge in [-0.25, -0.2) is 8.78 Å². The Hall–Kier alpha value is -3.16. The highest BCUT2D eigenvalue weighted by Gasteiger charge is 2.16. The van der Waals surface area contributed by atoms with Crippen LogP contribution >= 0.6 is 0 Å². The number of methoxy groups -OCH3 is 2. The molecule has 2 rings (SSSR count). The minimum atomic E-state index is -0.760. The van der Waals surface area contributed by atoms with E-state index in [1.165, 1.54) is 20.3 Å². The van der Waals surface area contributed by atoms with Crippen molar-refractivity contribution in [2.45, 2.75) is 25.8 Å². The van der Waals surface area contributed by atoms with Gasteiger partial charge in [-0.3, -0.25) is 9.59 Å². The standard InChI is InChI=1S/C21H23F2NO5/c1-13(16-7-6-15(22)11-17(16)23)24-20(25)12-29-21(26)9-5-14-4-8-18(27-2)19(10-14)28-3/h4,6-8,10-11,13H,5,9,12H2,1-3H3,(H,24,25)/t13-/m0/s1. The Bertz CT molecular complexity index is 872. The summed E-state index contributed by atoms with van der Waals surface area (Å²) in [5, 5.41) is 2.50. The highest BCUT2D eigenvalue weighted by Crippen LogP contribution is 2.28. The third kappa shape index (κ3) is 6.44. The van der Waals surface area contributed by atoms with Crippen LogP contribution in [0.3, 0.4) is 0 Å². The molecule has 0 saturated heterocycles. The summed E-state index contributed by atoms with van der Waals surface area (Å²) in [6.45, 7) is 1.06. The van der Waals surface area contributed by atoms with Crippen molar-refractivity contribution < 1.29 is 32.6 Å². The maximum atomic E-state index is 13.7. The lowest BCUT2D eigenvalue weighted by atomic mass is 10.1. The van der Waals surface area contributed by atoms with Gasteiger partial charge in [-0.1, -0.05) is 12.1 Å². The molecule has 0 aromatic heterocycles. The highest BCUT2D eigenvalue weighted by molar-refractivity contribution is 5.80. The molecule has 0 heterocycles. The fourth-order valence-electron chi connectivity index (χ4n) is 2.71. The van der Waals surface area contributed by atoms with Gasteiger partial charge in [0.25, 0.3) is 5.91 Å². The van der Waals surface area contributed by atoms with Crippen molar-refractivity contribution in [1.29, 1.82) is 0 Å². The molecular formula is C21H23F2NO5. The van der Waals surface area contributed by atoms with Gasteiger partial charge in [0.1, 0.15) is 11.6 Å².